The van der Waals surface area contributed by atoms with E-state index in [1.54, 1.807) is 0 Å². The second kappa shape index (κ2) is 6.15. The number of rotatable bonds is 6. The summed E-state index contributed by atoms with van der Waals surface area (Å²) >= 11 is 0. The third kappa shape index (κ3) is 3.32. The monoisotopic (exact) mass is 284 g/mol. The number of nitro groups is 1. The van der Waals surface area contributed by atoms with Gasteiger partial charge in [0, 0.05) is 37.2 Å². The molecule has 9 heteroatoms. The van der Waals surface area contributed by atoms with Crippen LogP contribution in [0.2, 0.25) is 0 Å². The number of halogens is 2. The van der Waals surface area contributed by atoms with Crippen LogP contribution in [-0.2, 0) is 13.0 Å². The van der Waals surface area contributed by atoms with Crippen LogP contribution in [0.3, 0.4) is 0 Å². The Morgan fingerprint density at radius 1 is 1.35 bits per heavy atom. The molecule has 0 unspecified atom stereocenters. The average molecular weight is 284 g/mol. The number of benzene rings is 1. The van der Waals surface area contributed by atoms with Gasteiger partial charge in [0.05, 0.1) is 4.92 Å². The Morgan fingerprint density at radius 2 is 2.15 bits per heavy atom. The minimum Gasteiger partial charge on any atom is -0.340 e. The Labute approximate surface area is 111 Å². The lowest BCUT2D eigenvalue weighted by molar-refractivity contribution is -0.387. The molecule has 1 heterocycles. The Balaban J connectivity index is 1.95. The van der Waals surface area contributed by atoms with Crippen LogP contribution in [0.5, 0.6) is 0 Å². The molecule has 2 aromatic rings. The van der Waals surface area contributed by atoms with Crippen LogP contribution in [0.4, 0.5) is 14.5 Å². The third-order valence-electron chi connectivity index (χ3n) is 2.55. The van der Waals surface area contributed by atoms with Crippen LogP contribution in [0.25, 0.3) is 0 Å². The van der Waals surface area contributed by atoms with Gasteiger partial charge in [-0.15, -0.1) is 0 Å². The van der Waals surface area contributed by atoms with Crippen molar-refractivity contribution in [3.05, 3.63) is 51.7 Å². The maximum Gasteiger partial charge on any atom is 0.305 e. The number of hydrogen-bond donors (Lipinski definition) is 1. The molecule has 7 nitrogen and oxygen atoms in total. The molecule has 2 rings (SSSR count). The first-order chi connectivity index (χ1) is 9.58. The zero-order chi connectivity index (χ0) is 14.5. The van der Waals surface area contributed by atoms with Crippen LogP contribution in [0, 0.1) is 21.7 Å². The predicted octanol–water partition coefficient (Wildman–Crippen LogP) is 1.59. The van der Waals surface area contributed by atoms with E-state index < -0.39 is 22.2 Å². The van der Waals surface area contributed by atoms with Gasteiger partial charge >= 0.3 is 5.69 Å². The van der Waals surface area contributed by atoms with Gasteiger partial charge in [-0.3, -0.25) is 10.1 Å². The topological polar surface area (TPSA) is 94.1 Å². The fourth-order valence-electron chi connectivity index (χ4n) is 1.58. The van der Waals surface area contributed by atoms with E-state index in [0.717, 1.165) is 6.07 Å². The van der Waals surface area contributed by atoms with Crippen LogP contribution in [0.15, 0.2) is 23.0 Å². The van der Waals surface area contributed by atoms with Crippen molar-refractivity contribution in [2.45, 2.75) is 13.0 Å². The second-order valence-corrected chi connectivity index (χ2v) is 3.91. The molecule has 106 valence electrons. The Hall–Kier alpha value is -2.42. The number of nitro benzene ring substituents is 1. The molecule has 0 bridgehead atoms. The highest BCUT2D eigenvalue weighted by atomic mass is 19.1. The fraction of sp³-hybridized carbons (Fsp3) is 0.273. The first-order valence-electron chi connectivity index (χ1n) is 5.66. The molecule has 0 saturated carbocycles. The molecule has 1 aromatic carbocycles. The zero-order valence-corrected chi connectivity index (χ0v) is 10.2. The van der Waals surface area contributed by atoms with Crippen LogP contribution in [0.1, 0.15) is 11.5 Å². The minimum atomic E-state index is -1.19. The van der Waals surface area contributed by atoms with Gasteiger partial charge in [0.25, 0.3) is 0 Å². The van der Waals surface area contributed by atoms with Gasteiger partial charge in [-0.2, -0.15) is 9.37 Å². The summed E-state index contributed by atoms with van der Waals surface area (Å²) < 4.78 is 31.3. The predicted molar refractivity (Wildman–Crippen MR) is 62.7 cm³/mol. The third-order valence-corrected chi connectivity index (χ3v) is 2.55. The lowest BCUT2D eigenvalue weighted by Crippen LogP contribution is -2.18. The molecule has 0 amide bonds. The van der Waals surface area contributed by atoms with Gasteiger partial charge in [-0.25, -0.2) is 4.39 Å². The minimum absolute atomic E-state index is 0.0172. The van der Waals surface area contributed by atoms with E-state index in [1.807, 2.05) is 0 Å². The normalized spacial score (nSPS) is 10.7. The maximum absolute atomic E-state index is 13.5. The van der Waals surface area contributed by atoms with E-state index in [9.17, 15) is 18.9 Å². The van der Waals surface area contributed by atoms with Gasteiger partial charge in [-0.1, -0.05) is 5.16 Å². The van der Waals surface area contributed by atoms with Crippen LogP contribution in [-0.4, -0.2) is 21.6 Å². The standard InChI is InChI=1S/C11H10F2N4O3/c12-8-4-9(13)10(17(18)19)3-7(8)5-14-2-1-11-15-6-16-20-11/h3-4,6,14H,1-2,5H2. The van der Waals surface area contributed by atoms with E-state index in [0.29, 0.717) is 24.9 Å². The van der Waals surface area contributed by atoms with Gasteiger partial charge in [0.1, 0.15) is 5.82 Å². The number of hydrogen-bond acceptors (Lipinski definition) is 6. The Kier molecular flexibility index (Phi) is 4.31. The van der Waals surface area contributed by atoms with Crippen LogP contribution >= 0.6 is 0 Å². The average Bonchev–Trinajstić information content (AvgIpc) is 2.89. The van der Waals surface area contributed by atoms with Crippen molar-refractivity contribution >= 4 is 5.69 Å². The van der Waals surface area contributed by atoms with Gasteiger partial charge in [0.2, 0.25) is 11.7 Å². The molecule has 20 heavy (non-hydrogen) atoms. The van der Waals surface area contributed by atoms with Crippen molar-refractivity contribution in [2.24, 2.45) is 0 Å². The molecule has 0 spiro atoms. The molecule has 0 aliphatic heterocycles. The summed E-state index contributed by atoms with van der Waals surface area (Å²) in [5.74, 6) is -1.61. The van der Waals surface area contributed by atoms with E-state index in [2.05, 4.69) is 15.5 Å². The Morgan fingerprint density at radius 3 is 2.80 bits per heavy atom. The molecular weight excluding hydrogens is 274 g/mol. The van der Waals surface area contributed by atoms with E-state index >= 15 is 0 Å². The van der Waals surface area contributed by atoms with E-state index in [-0.39, 0.29) is 12.1 Å². The summed E-state index contributed by atoms with van der Waals surface area (Å²) in [6, 6.07) is 1.39. The van der Waals surface area contributed by atoms with Crippen molar-refractivity contribution < 1.29 is 18.2 Å². The molecule has 0 atom stereocenters. The fourth-order valence-corrected chi connectivity index (χ4v) is 1.58. The highest BCUT2D eigenvalue weighted by Gasteiger charge is 2.18. The van der Waals surface area contributed by atoms with Crippen molar-refractivity contribution in [2.75, 3.05) is 6.54 Å². The van der Waals surface area contributed by atoms with Crippen molar-refractivity contribution in [3.63, 3.8) is 0 Å². The van der Waals surface area contributed by atoms with Crippen LogP contribution < -0.4 is 5.32 Å². The summed E-state index contributed by atoms with van der Waals surface area (Å²) in [5, 5.41) is 16.8. The molecular formula is C11H10F2N4O3. The van der Waals surface area contributed by atoms with Crippen molar-refractivity contribution in [1.82, 2.24) is 15.5 Å². The summed E-state index contributed by atoms with van der Waals surface area (Å²) in [6.45, 7) is 0.438. The van der Waals surface area contributed by atoms with E-state index in [4.69, 9.17) is 4.52 Å². The molecule has 0 aliphatic rings. The zero-order valence-electron chi connectivity index (χ0n) is 10.2. The maximum atomic E-state index is 13.5. The highest BCUT2D eigenvalue weighted by Crippen LogP contribution is 2.21. The highest BCUT2D eigenvalue weighted by molar-refractivity contribution is 5.37. The second-order valence-electron chi connectivity index (χ2n) is 3.91. The SMILES string of the molecule is O=[N+]([O-])c1cc(CNCCc2ncno2)c(F)cc1F. The van der Waals surface area contributed by atoms with Gasteiger partial charge < -0.3 is 9.84 Å². The quantitative estimate of drug-likeness (QED) is 0.492. The lowest BCUT2D eigenvalue weighted by Gasteiger charge is -2.05. The van der Waals surface area contributed by atoms with E-state index in [1.165, 1.54) is 6.33 Å². The largest absolute Gasteiger partial charge is 0.340 e. The summed E-state index contributed by atoms with van der Waals surface area (Å²) in [5.41, 5.74) is -0.733. The smallest absolute Gasteiger partial charge is 0.305 e. The first-order valence-corrected chi connectivity index (χ1v) is 5.66. The number of nitrogens with one attached hydrogen (secondary N) is 1. The molecule has 0 aliphatic carbocycles. The summed E-state index contributed by atoms with van der Waals surface area (Å²) in [6.07, 6.45) is 1.70. The summed E-state index contributed by atoms with van der Waals surface area (Å²) in [7, 11) is 0. The number of nitrogens with zero attached hydrogens (tertiary/aromatic N) is 3. The molecule has 1 N–H and O–H groups in total. The molecule has 0 radical (unpaired) electrons. The van der Waals surface area contributed by atoms with Crippen molar-refractivity contribution in [3.8, 4) is 0 Å². The molecule has 1 aromatic heterocycles. The number of aromatic nitrogens is 2. The van der Waals surface area contributed by atoms with Gasteiger partial charge in [-0.05, 0) is 0 Å². The molecule has 0 fully saturated rings. The summed E-state index contributed by atoms with van der Waals surface area (Å²) in [4.78, 5) is 13.5. The van der Waals surface area contributed by atoms with Gasteiger partial charge in [0.15, 0.2) is 6.33 Å². The molecule has 0 saturated heterocycles. The first kappa shape index (κ1) is 14.0. The Bertz CT molecular complexity index is 604. The van der Waals surface area contributed by atoms with Crippen molar-refractivity contribution in [1.29, 1.82) is 0 Å². The lowest BCUT2D eigenvalue weighted by atomic mass is 10.1.